The smallest absolute Gasteiger partial charge is 0.138 e. The zero-order valence-electron chi connectivity index (χ0n) is 9.86. The van der Waals surface area contributed by atoms with Crippen LogP contribution in [0.15, 0.2) is 6.33 Å². The summed E-state index contributed by atoms with van der Waals surface area (Å²) in [5.41, 5.74) is 0.835. The van der Waals surface area contributed by atoms with Crippen LogP contribution in [-0.4, -0.2) is 33.6 Å². The van der Waals surface area contributed by atoms with Crippen molar-refractivity contribution in [1.82, 2.24) is 9.97 Å². The van der Waals surface area contributed by atoms with Crippen LogP contribution in [0.25, 0.3) is 0 Å². The van der Waals surface area contributed by atoms with E-state index in [0.717, 1.165) is 24.5 Å². The Hall–Kier alpha value is -0.190. The minimum Gasteiger partial charge on any atom is -0.354 e. The van der Waals surface area contributed by atoms with Crippen molar-refractivity contribution in [3.63, 3.8) is 0 Å². The van der Waals surface area contributed by atoms with E-state index < -0.39 is 0 Å². The molecule has 3 nitrogen and oxygen atoms in total. The van der Waals surface area contributed by atoms with E-state index in [1.165, 1.54) is 6.33 Å². The van der Waals surface area contributed by atoms with Gasteiger partial charge in [-0.1, -0.05) is 25.4 Å². The summed E-state index contributed by atoms with van der Waals surface area (Å²) in [4.78, 5) is 10.6. The van der Waals surface area contributed by atoms with E-state index in [9.17, 15) is 0 Å². The van der Waals surface area contributed by atoms with Gasteiger partial charge >= 0.3 is 0 Å². The number of alkyl halides is 1. The van der Waals surface area contributed by atoms with Crippen molar-refractivity contribution in [2.24, 2.45) is 0 Å². The molecule has 0 N–H and O–H groups in total. The fourth-order valence-corrected chi connectivity index (χ4v) is 3.96. The molecule has 17 heavy (non-hydrogen) atoms. The molecule has 2 heterocycles. The third kappa shape index (κ3) is 2.98. The number of halogens is 2. The maximum atomic E-state index is 6.05. The van der Waals surface area contributed by atoms with Crippen LogP contribution in [0.2, 0.25) is 5.15 Å². The van der Waals surface area contributed by atoms with Gasteiger partial charge < -0.3 is 4.90 Å². The van der Waals surface area contributed by atoms with Gasteiger partial charge in [0.2, 0.25) is 0 Å². The molecular formula is C11H15Cl2N3S. The SMILES string of the molecule is CC1CN(c2ncnc(Cl)c2CCl)CC(C)S1. The first-order valence-corrected chi connectivity index (χ1v) is 7.43. The largest absolute Gasteiger partial charge is 0.354 e. The Morgan fingerprint density at radius 2 is 2.00 bits per heavy atom. The van der Waals surface area contributed by atoms with Crippen molar-refractivity contribution in [3.8, 4) is 0 Å². The van der Waals surface area contributed by atoms with Crippen molar-refractivity contribution in [2.75, 3.05) is 18.0 Å². The zero-order valence-corrected chi connectivity index (χ0v) is 12.2. The molecule has 2 unspecified atom stereocenters. The third-order valence-electron chi connectivity index (χ3n) is 2.72. The van der Waals surface area contributed by atoms with Crippen molar-refractivity contribution < 1.29 is 0 Å². The number of hydrogen-bond donors (Lipinski definition) is 0. The molecule has 0 spiro atoms. The van der Waals surface area contributed by atoms with E-state index in [1.807, 2.05) is 11.8 Å². The lowest BCUT2D eigenvalue weighted by atomic mass is 10.2. The highest BCUT2D eigenvalue weighted by Gasteiger charge is 2.25. The van der Waals surface area contributed by atoms with Crippen molar-refractivity contribution in [1.29, 1.82) is 0 Å². The standard InChI is InChI=1S/C11H15Cl2N3S/c1-7-4-16(5-8(2)17-7)11-9(3-12)10(13)14-6-15-11/h6-8H,3-5H2,1-2H3. The Labute approximate surface area is 116 Å². The minimum absolute atomic E-state index is 0.349. The van der Waals surface area contributed by atoms with Crippen LogP contribution in [0.3, 0.4) is 0 Å². The molecule has 1 aliphatic rings. The number of hydrogen-bond acceptors (Lipinski definition) is 4. The maximum Gasteiger partial charge on any atom is 0.138 e. The fourth-order valence-electron chi connectivity index (χ4n) is 2.12. The van der Waals surface area contributed by atoms with E-state index in [2.05, 4.69) is 28.7 Å². The molecule has 0 aliphatic carbocycles. The van der Waals surface area contributed by atoms with Crippen LogP contribution >= 0.6 is 35.0 Å². The summed E-state index contributed by atoms with van der Waals surface area (Å²) in [7, 11) is 0. The van der Waals surface area contributed by atoms with Gasteiger partial charge in [0.1, 0.15) is 17.3 Å². The Morgan fingerprint density at radius 3 is 2.59 bits per heavy atom. The van der Waals surface area contributed by atoms with Crippen molar-refractivity contribution in [2.45, 2.75) is 30.2 Å². The predicted octanol–water partition coefficient (Wildman–Crippen LogP) is 3.20. The lowest BCUT2D eigenvalue weighted by Gasteiger charge is -2.36. The van der Waals surface area contributed by atoms with Crippen LogP contribution in [0.4, 0.5) is 5.82 Å². The van der Waals surface area contributed by atoms with E-state index in [0.29, 0.717) is 21.5 Å². The molecule has 6 heteroatoms. The molecule has 94 valence electrons. The lowest BCUT2D eigenvalue weighted by molar-refractivity contribution is 0.714. The second-order valence-corrected chi connectivity index (χ2v) is 6.77. The van der Waals surface area contributed by atoms with Gasteiger partial charge in [-0.15, -0.1) is 11.6 Å². The van der Waals surface area contributed by atoms with Crippen LogP contribution in [0.1, 0.15) is 19.4 Å². The Balaban J connectivity index is 2.30. The maximum absolute atomic E-state index is 6.05. The van der Waals surface area contributed by atoms with E-state index in [-0.39, 0.29) is 0 Å². The molecule has 1 fully saturated rings. The summed E-state index contributed by atoms with van der Waals surface area (Å²) >= 11 is 14.0. The topological polar surface area (TPSA) is 29.0 Å². The number of aromatic nitrogens is 2. The van der Waals surface area contributed by atoms with Gasteiger partial charge in [0, 0.05) is 29.2 Å². The lowest BCUT2D eigenvalue weighted by Crippen LogP contribution is -2.41. The summed E-state index contributed by atoms with van der Waals surface area (Å²) < 4.78 is 0. The first-order chi connectivity index (χ1) is 8.11. The molecule has 1 saturated heterocycles. The van der Waals surface area contributed by atoms with Gasteiger partial charge in [-0.3, -0.25) is 0 Å². The first-order valence-electron chi connectivity index (χ1n) is 5.57. The molecule has 2 rings (SSSR count). The first kappa shape index (κ1) is 13.2. The van der Waals surface area contributed by atoms with Gasteiger partial charge in [0.05, 0.1) is 5.88 Å². The highest BCUT2D eigenvalue weighted by molar-refractivity contribution is 8.00. The van der Waals surface area contributed by atoms with Crippen LogP contribution < -0.4 is 4.90 Å². The van der Waals surface area contributed by atoms with Gasteiger partial charge in [0.15, 0.2) is 0 Å². The summed E-state index contributed by atoms with van der Waals surface area (Å²) in [6.07, 6.45) is 1.50. The Kier molecular flexibility index (Phi) is 4.39. The average Bonchev–Trinajstić information content (AvgIpc) is 2.27. The van der Waals surface area contributed by atoms with Gasteiger partial charge in [-0.05, 0) is 0 Å². The molecule has 1 aromatic heterocycles. The van der Waals surface area contributed by atoms with Crippen molar-refractivity contribution >= 4 is 40.8 Å². The highest BCUT2D eigenvalue weighted by Crippen LogP contribution is 2.31. The predicted molar refractivity (Wildman–Crippen MR) is 75.3 cm³/mol. The molecule has 0 aromatic carbocycles. The van der Waals surface area contributed by atoms with E-state index in [1.54, 1.807) is 0 Å². The molecule has 1 aliphatic heterocycles. The van der Waals surface area contributed by atoms with E-state index >= 15 is 0 Å². The molecule has 0 radical (unpaired) electrons. The minimum atomic E-state index is 0.349. The molecule has 2 atom stereocenters. The van der Waals surface area contributed by atoms with Gasteiger partial charge in [-0.2, -0.15) is 11.8 Å². The van der Waals surface area contributed by atoms with Crippen LogP contribution in [0.5, 0.6) is 0 Å². The summed E-state index contributed by atoms with van der Waals surface area (Å²) in [6.45, 7) is 6.42. The fraction of sp³-hybridized carbons (Fsp3) is 0.636. The van der Waals surface area contributed by atoms with Gasteiger partial charge in [0.25, 0.3) is 0 Å². The third-order valence-corrected chi connectivity index (χ3v) is 4.54. The number of anilines is 1. The quantitative estimate of drug-likeness (QED) is 0.618. The zero-order chi connectivity index (χ0) is 12.4. The van der Waals surface area contributed by atoms with Crippen LogP contribution in [0, 0.1) is 0 Å². The molecular weight excluding hydrogens is 277 g/mol. The van der Waals surface area contributed by atoms with E-state index in [4.69, 9.17) is 23.2 Å². The number of nitrogens with zero attached hydrogens (tertiary/aromatic N) is 3. The Bertz CT molecular complexity index is 392. The molecule has 0 amide bonds. The molecule has 0 saturated carbocycles. The Morgan fingerprint density at radius 1 is 1.35 bits per heavy atom. The second-order valence-electron chi connectivity index (χ2n) is 4.26. The van der Waals surface area contributed by atoms with Crippen LogP contribution in [-0.2, 0) is 5.88 Å². The summed E-state index contributed by atoms with van der Waals surface area (Å²) in [6, 6.07) is 0. The number of rotatable bonds is 2. The van der Waals surface area contributed by atoms with Gasteiger partial charge in [-0.25, -0.2) is 9.97 Å². The average molecular weight is 292 g/mol. The normalized spacial score (nSPS) is 25.1. The summed E-state index contributed by atoms with van der Waals surface area (Å²) in [5, 5.41) is 1.65. The second kappa shape index (κ2) is 5.63. The van der Waals surface area contributed by atoms with Crippen molar-refractivity contribution in [3.05, 3.63) is 17.0 Å². The monoisotopic (exact) mass is 291 g/mol. The molecule has 0 bridgehead atoms. The summed E-state index contributed by atoms with van der Waals surface area (Å²) in [5.74, 6) is 1.24. The highest BCUT2D eigenvalue weighted by atomic mass is 35.5. The molecule has 1 aromatic rings. The number of thioether (sulfide) groups is 1.